The maximum absolute atomic E-state index is 10.1. The van der Waals surface area contributed by atoms with E-state index in [0.29, 0.717) is 6.54 Å². The molecule has 21 heavy (non-hydrogen) atoms. The van der Waals surface area contributed by atoms with Crippen LogP contribution in [-0.2, 0) is 6.54 Å². The van der Waals surface area contributed by atoms with Crippen molar-refractivity contribution in [3.05, 3.63) is 41.2 Å². The van der Waals surface area contributed by atoms with Crippen molar-refractivity contribution in [1.29, 1.82) is 0 Å². The van der Waals surface area contributed by atoms with E-state index in [9.17, 15) is 5.11 Å². The molecule has 2 N–H and O–H groups in total. The first kappa shape index (κ1) is 15.9. The van der Waals surface area contributed by atoms with Gasteiger partial charge in [0, 0.05) is 49.6 Å². The van der Waals surface area contributed by atoms with Crippen molar-refractivity contribution in [3.63, 3.8) is 0 Å². The van der Waals surface area contributed by atoms with Gasteiger partial charge in [-0.1, -0.05) is 0 Å². The summed E-state index contributed by atoms with van der Waals surface area (Å²) in [6.45, 7) is 7.45. The van der Waals surface area contributed by atoms with Crippen molar-refractivity contribution in [2.75, 3.05) is 24.5 Å². The van der Waals surface area contributed by atoms with Gasteiger partial charge in [-0.25, -0.2) is 4.98 Å². The van der Waals surface area contributed by atoms with Gasteiger partial charge >= 0.3 is 0 Å². The Kier molecular flexibility index (Phi) is 6.10. The summed E-state index contributed by atoms with van der Waals surface area (Å²) in [5.74, 6) is 0. The molecule has 2 aromatic heterocycles. The molecule has 1 atom stereocenters. The lowest BCUT2D eigenvalue weighted by molar-refractivity contribution is 0.174. The fraction of sp³-hybridized carbons (Fsp3) is 0.467. The number of hydrogen-bond donors (Lipinski definition) is 2. The van der Waals surface area contributed by atoms with Crippen LogP contribution in [0.3, 0.4) is 0 Å². The van der Waals surface area contributed by atoms with Crippen LogP contribution in [0, 0.1) is 0 Å². The lowest BCUT2D eigenvalue weighted by Gasteiger charge is -2.16. The van der Waals surface area contributed by atoms with Crippen LogP contribution in [0.4, 0.5) is 5.13 Å². The van der Waals surface area contributed by atoms with E-state index in [1.807, 2.05) is 18.3 Å². The Morgan fingerprint density at radius 3 is 2.67 bits per heavy atom. The van der Waals surface area contributed by atoms with E-state index in [1.54, 1.807) is 23.7 Å². The molecule has 5 nitrogen and oxygen atoms in total. The molecule has 2 heterocycles. The first-order chi connectivity index (χ1) is 10.2. The molecule has 0 amide bonds. The highest BCUT2D eigenvalue weighted by Crippen LogP contribution is 2.22. The molecular formula is C15H22N4OS. The van der Waals surface area contributed by atoms with Crippen LogP contribution in [0.25, 0.3) is 0 Å². The van der Waals surface area contributed by atoms with Gasteiger partial charge in [-0.2, -0.15) is 0 Å². The number of hydrogen-bond acceptors (Lipinski definition) is 6. The summed E-state index contributed by atoms with van der Waals surface area (Å²) in [5.41, 5.74) is 0.880. The van der Waals surface area contributed by atoms with E-state index in [1.165, 1.54) is 4.88 Å². The number of nitrogens with zero attached hydrogens (tertiary/aromatic N) is 3. The molecule has 6 heteroatoms. The molecular weight excluding hydrogens is 284 g/mol. The molecule has 0 fully saturated rings. The van der Waals surface area contributed by atoms with Crippen molar-refractivity contribution in [2.24, 2.45) is 0 Å². The van der Waals surface area contributed by atoms with Crippen LogP contribution in [0.5, 0.6) is 0 Å². The number of pyridine rings is 1. The minimum Gasteiger partial charge on any atom is -0.387 e. The molecule has 0 aliphatic carbocycles. The van der Waals surface area contributed by atoms with E-state index >= 15 is 0 Å². The Bertz CT molecular complexity index is 527. The van der Waals surface area contributed by atoms with Crippen molar-refractivity contribution < 1.29 is 5.11 Å². The summed E-state index contributed by atoms with van der Waals surface area (Å²) in [6.07, 6.45) is 4.78. The predicted octanol–water partition coefficient (Wildman–Crippen LogP) is 2.21. The average Bonchev–Trinajstić information content (AvgIpc) is 2.98. The van der Waals surface area contributed by atoms with Crippen LogP contribution in [0.15, 0.2) is 30.7 Å². The number of nitrogens with one attached hydrogen (secondary N) is 1. The predicted molar refractivity (Wildman–Crippen MR) is 86.6 cm³/mol. The normalized spacial score (nSPS) is 12.3. The van der Waals surface area contributed by atoms with Gasteiger partial charge in [0.15, 0.2) is 5.13 Å². The fourth-order valence-electron chi connectivity index (χ4n) is 2.05. The van der Waals surface area contributed by atoms with Crippen molar-refractivity contribution in [3.8, 4) is 0 Å². The second-order valence-electron chi connectivity index (χ2n) is 4.71. The molecule has 0 aliphatic heterocycles. The Balaban J connectivity index is 1.81. The number of anilines is 1. The first-order valence-corrected chi connectivity index (χ1v) is 8.04. The van der Waals surface area contributed by atoms with Crippen LogP contribution in [0.2, 0.25) is 0 Å². The smallest absolute Gasteiger partial charge is 0.185 e. The van der Waals surface area contributed by atoms with Crippen molar-refractivity contribution >= 4 is 16.5 Å². The lowest BCUT2D eigenvalue weighted by atomic mass is 10.1. The lowest BCUT2D eigenvalue weighted by Crippen LogP contribution is -2.21. The molecule has 2 aromatic rings. The van der Waals surface area contributed by atoms with Crippen LogP contribution in [0.1, 0.15) is 30.4 Å². The Morgan fingerprint density at radius 1 is 1.29 bits per heavy atom. The summed E-state index contributed by atoms with van der Waals surface area (Å²) in [4.78, 5) is 11.8. The van der Waals surface area contributed by atoms with E-state index in [0.717, 1.165) is 30.3 Å². The van der Waals surface area contributed by atoms with E-state index < -0.39 is 6.10 Å². The summed E-state index contributed by atoms with van der Waals surface area (Å²) >= 11 is 1.70. The van der Waals surface area contributed by atoms with Crippen molar-refractivity contribution in [1.82, 2.24) is 15.3 Å². The third kappa shape index (κ3) is 4.49. The quantitative estimate of drug-likeness (QED) is 0.783. The van der Waals surface area contributed by atoms with Crippen LogP contribution in [-0.4, -0.2) is 34.7 Å². The molecule has 1 unspecified atom stereocenters. The van der Waals surface area contributed by atoms with Gasteiger partial charge in [0.05, 0.1) is 6.10 Å². The summed E-state index contributed by atoms with van der Waals surface area (Å²) in [7, 11) is 0. The van der Waals surface area contributed by atoms with Gasteiger partial charge in [-0.3, -0.25) is 4.98 Å². The molecule has 0 radical (unpaired) electrons. The highest BCUT2D eigenvalue weighted by atomic mass is 32.1. The van der Waals surface area contributed by atoms with Gasteiger partial charge < -0.3 is 15.3 Å². The van der Waals surface area contributed by atoms with E-state index in [4.69, 9.17) is 0 Å². The van der Waals surface area contributed by atoms with Crippen LogP contribution < -0.4 is 10.2 Å². The number of aromatic nitrogens is 2. The first-order valence-electron chi connectivity index (χ1n) is 7.23. The van der Waals surface area contributed by atoms with Gasteiger partial charge in [0.1, 0.15) is 0 Å². The van der Waals surface area contributed by atoms with Gasteiger partial charge in [-0.15, -0.1) is 11.3 Å². The minimum absolute atomic E-state index is 0.511. The third-order valence-corrected chi connectivity index (χ3v) is 4.36. The molecule has 0 bridgehead atoms. The zero-order valence-electron chi connectivity index (χ0n) is 12.5. The summed E-state index contributed by atoms with van der Waals surface area (Å²) in [5, 5.41) is 14.4. The number of rotatable bonds is 8. The highest BCUT2D eigenvalue weighted by molar-refractivity contribution is 7.15. The number of thiazole rings is 1. The maximum Gasteiger partial charge on any atom is 0.185 e. The Labute approximate surface area is 129 Å². The zero-order valence-corrected chi connectivity index (χ0v) is 13.3. The second-order valence-corrected chi connectivity index (χ2v) is 5.80. The van der Waals surface area contributed by atoms with E-state index in [-0.39, 0.29) is 0 Å². The molecule has 2 rings (SSSR count). The Morgan fingerprint density at radius 2 is 2.00 bits per heavy atom. The van der Waals surface area contributed by atoms with Gasteiger partial charge in [0.25, 0.3) is 0 Å². The maximum atomic E-state index is 10.1. The fourth-order valence-corrected chi connectivity index (χ4v) is 3.06. The Hall–Kier alpha value is -1.50. The number of aliphatic hydroxyl groups is 1. The number of aliphatic hydroxyl groups excluding tert-OH is 1. The molecule has 0 saturated carbocycles. The third-order valence-electron chi connectivity index (χ3n) is 3.30. The topological polar surface area (TPSA) is 61.3 Å². The standard InChI is InChI=1S/C15H22N4OS/c1-3-19(4-2)15-18-10-13(21-15)9-17-11-14(20)12-5-7-16-8-6-12/h5-8,10,14,17,20H,3-4,9,11H2,1-2H3. The average molecular weight is 306 g/mol. The van der Waals surface area contributed by atoms with E-state index in [2.05, 4.69) is 34.0 Å². The summed E-state index contributed by atoms with van der Waals surface area (Å²) < 4.78 is 0. The molecule has 0 aliphatic rings. The second kappa shape index (κ2) is 8.07. The molecule has 114 valence electrons. The van der Waals surface area contributed by atoms with Crippen LogP contribution >= 0.6 is 11.3 Å². The monoisotopic (exact) mass is 306 g/mol. The molecule has 0 saturated heterocycles. The molecule has 0 aromatic carbocycles. The minimum atomic E-state index is -0.511. The molecule has 0 spiro atoms. The summed E-state index contributed by atoms with van der Waals surface area (Å²) in [6, 6.07) is 3.66. The SMILES string of the molecule is CCN(CC)c1ncc(CNCC(O)c2ccncc2)s1. The largest absolute Gasteiger partial charge is 0.387 e. The zero-order chi connectivity index (χ0) is 15.1. The highest BCUT2D eigenvalue weighted by Gasteiger charge is 2.09. The van der Waals surface area contributed by atoms with Gasteiger partial charge in [0.2, 0.25) is 0 Å². The van der Waals surface area contributed by atoms with Gasteiger partial charge in [-0.05, 0) is 31.5 Å². The van der Waals surface area contributed by atoms with Crippen molar-refractivity contribution in [2.45, 2.75) is 26.5 Å².